The third-order valence-electron chi connectivity index (χ3n) is 3.57. The summed E-state index contributed by atoms with van der Waals surface area (Å²) in [5, 5.41) is 4.48. The van der Waals surface area contributed by atoms with Crippen LogP contribution >= 0.6 is 0 Å². The van der Waals surface area contributed by atoms with Crippen LogP contribution in [0.4, 0.5) is 0 Å². The van der Waals surface area contributed by atoms with Crippen molar-refractivity contribution in [3.8, 4) is 0 Å². The summed E-state index contributed by atoms with van der Waals surface area (Å²) in [7, 11) is 1.97. The molecule has 1 heterocycles. The minimum atomic E-state index is 0.226. The highest BCUT2D eigenvalue weighted by molar-refractivity contribution is 5.21. The predicted molar refractivity (Wildman–Crippen MR) is 71.3 cm³/mol. The van der Waals surface area contributed by atoms with Crippen LogP contribution in [0.25, 0.3) is 0 Å². The van der Waals surface area contributed by atoms with E-state index in [9.17, 15) is 0 Å². The standard InChI is InChI=1S/C13H26N4/c1-5-10(6-2)8-13(15-14)11-9-17(4)16-12(11)7-3/h9-10,13,15H,5-8,14H2,1-4H3. The van der Waals surface area contributed by atoms with Crippen molar-refractivity contribution in [2.24, 2.45) is 18.8 Å². The summed E-state index contributed by atoms with van der Waals surface area (Å²) in [4.78, 5) is 0. The van der Waals surface area contributed by atoms with Gasteiger partial charge in [-0.25, -0.2) is 0 Å². The largest absolute Gasteiger partial charge is 0.275 e. The van der Waals surface area contributed by atoms with E-state index >= 15 is 0 Å². The SMILES string of the molecule is CCc1nn(C)cc1C(CC(CC)CC)NN. The number of rotatable bonds is 7. The monoisotopic (exact) mass is 238 g/mol. The molecule has 0 aromatic carbocycles. The quantitative estimate of drug-likeness (QED) is 0.566. The molecule has 3 N–H and O–H groups in total. The molecule has 1 aromatic heterocycles. The molecule has 1 rings (SSSR count). The van der Waals surface area contributed by atoms with E-state index in [2.05, 4.69) is 37.5 Å². The van der Waals surface area contributed by atoms with Gasteiger partial charge in [0.1, 0.15) is 0 Å². The van der Waals surface area contributed by atoms with Gasteiger partial charge in [0, 0.05) is 24.8 Å². The number of nitrogens with two attached hydrogens (primary N) is 1. The Labute approximate surface area is 105 Å². The summed E-state index contributed by atoms with van der Waals surface area (Å²) in [5.41, 5.74) is 5.36. The van der Waals surface area contributed by atoms with Crippen LogP contribution in [0.3, 0.4) is 0 Å². The molecule has 1 unspecified atom stereocenters. The van der Waals surface area contributed by atoms with Crippen LogP contribution in [0, 0.1) is 5.92 Å². The molecule has 17 heavy (non-hydrogen) atoms. The van der Waals surface area contributed by atoms with Crippen molar-refractivity contribution in [2.45, 2.75) is 52.5 Å². The number of aromatic nitrogens is 2. The Balaban J connectivity index is 2.84. The molecule has 0 aliphatic rings. The van der Waals surface area contributed by atoms with Crippen molar-refractivity contribution < 1.29 is 0 Å². The van der Waals surface area contributed by atoms with Crippen LogP contribution in [0.15, 0.2) is 6.20 Å². The molecule has 4 nitrogen and oxygen atoms in total. The number of hydrogen-bond acceptors (Lipinski definition) is 3. The highest BCUT2D eigenvalue weighted by atomic mass is 15.3. The summed E-state index contributed by atoms with van der Waals surface area (Å²) < 4.78 is 1.88. The lowest BCUT2D eigenvalue weighted by Gasteiger charge is -2.21. The van der Waals surface area contributed by atoms with Crippen LogP contribution in [-0.4, -0.2) is 9.78 Å². The topological polar surface area (TPSA) is 55.9 Å². The van der Waals surface area contributed by atoms with Crippen molar-refractivity contribution in [2.75, 3.05) is 0 Å². The summed E-state index contributed by atoms with van der Waals surface area (Å²) in [6.45, 7) is 6.62. The molecule has 1 atom stereocenters. The van der Waals surface area contributed by atoms with E-state index in [0.717, 1.165) is 24.5 Å². The Morgan fingerprint density at radius 3 is 2.47 bits per heavy atom. The van der Waals surface area contributed by atoms with Gasteiger partial charge in [-0.2, -0.15) is 5.10 Å². The molecule has 0 aliphatic carbocycles. The van der Waals surface area contributed by atoms with E-state index in [1.165, 1.54) is 18.4 Å². The third kappa shape index (κ3) is 3.54. The van der Waals surface area contributed by atoms with E-state index in [1.807, 2.05) is 11.7 Å². The highest BCUT2D eigenvalue weighted by Gasteiger charge is 2.19. The summed E-state index contributed by atoms with van der Waals surface area (Å²) >= 11 is 0. The van der Waals surface area contributed by atoms with Crippen molar-refractivity contribution in [1.82, 2.24) is 15.2 Å². The van der Waals surface area contributed by atoms with E-state index in [1.54, 1.807) is 0 Å². The lowest BCUT2D eigenvalue weighted by Crippen LogP contribution is -2.30. The zero-order valence-corrected chi connectivity index (χ0v) is 11.5. The Bertz CT molecular complexity index is 328. The van der Waals surface area contributed by atoms with Gasteiger partial charge in [-0.1, -0.05) is 33.6 Å². The van der Waals surface area contributed by atoms with Crippen LogP contribution in [0.5, 0.6) is 0 Å². The van der Waals surface area contributed by atoms with Gasteiger partial charge in [0.15, 0.2) is 0 Å². The molecule has 1 aromatic rings. The first-order chi connectivity index (χ1) is 8.15. The highest BCUT2D eigenvalue weighted by Crippen LogP contribution is 2.26. The van der Waals surface area contributed by atoms with Gasteiger partial charge in [-0.05, 0) is 18.8 Å². The van der Waals surface area contributed by atoms with Gasteiger partial charge in [0.2, 0.25) is 0 Å². The van der Waals surface area contributed by atoms with Crippen molar-refractivity contribution in [3.05, 3.63) is 17.5 Å². The van der Waals surface area contributed by atoms with Crippen molar-refractivity contribution in [3.63, 3.8) is 0 Å². The molecule has 0 saturated heterocycles. The smallest absolute Gasteiger partial charge is 0.0670 e. The number of nitrogens with zero attached hydrogens (tertiary/aromatic N) is 2. The van der Waals surface area contributed by atoms with Gasteiger partial charge >= 0.3 is 0 Å². The molecule has 0 fully saturated rings. The summed E-state index contributed by atoms with van der Waals surface area (Å²) in [5.74, 6) is 6.43. The minimum Gasteiger partial charge on any atom is -0.275 e. The van der Waals surface area contributed by atoms with Gasteiger partial charge in [0.05, 0.1) is 5.69 Å². The maximum atomic E-state index is 5.71. The van der Waals surface area contributed by atoms with Crippen LogP contribution in [0.2, 0.25) is 0 Å². The molecule has 0 amide bonds. The second-order valence-corrected chi connectivity index (χ2v) is 4.70. The second-order valence-electron chi connectivity index (χ2n) is 4.70. The normalized spacial score (nSPS) is 13.3. The van der Waals surface area contributed by atoms with E-state index in [0.29, 0.717) is 0 Å². The van der Waals surface area contributed by atoms with E-state index in [4.69, 9.17) is 5.84 Å². The fourth-order valence-electron chi connectivity index (χ4n) is 2.36. The fourth-order valence-corrected chi connectivity index (χ4v) is 2.36. The zero-order valence-electron chi connectivity index (χ0n) is 11.5. The first kappa shape index (κ1) is 14.2. The number of nitrogens with one attached hydrogen (secondary N) is 1. The molecule has 0 radical (unpaired) electrons. The minimum absolute atomic E-state index is 0.226. The average Bonchev–Trinajstić information content (AvgIpc) is 2.72. The summed E-state index contributed by atoms with van der Waals surface area (Å²) in [6.07, 6.45) is 6.54. The van der Waals surface area contributed by atoms with Crippen molar-refractivity contribution in [1.29, 1.82) is 0 Å². The lowest BCUT2D eigenvalue weighted by molar-refractivity contribution is 0.373. The van der Waals surface area contributed by atoms with Crippen molar-refractivity contribution >= 4 is 0 Å². The molecule has 4 heteroatoms. The van der Waals surface area contributed by atoms with Crippen LogP contribution < -0.4 is 11.3 Å². The molecule has 0 bridgehead atoms. The molecular formula is C13H26N4. The predicted octanol–water partition coefficient (Wildman–Crippen LogP) is 2.31. The first-order valence-electron chi connectivity index (χ1n) is 6.64. The Kier molecular flexibility index (Phi) is 5.65. The van der Waals surface area contributed by atoms with Gasteiger partial charge < -0.3 is 0 Å². The van der Waals surface area contributed by atoms with E-state index in [-0.39, 0.29) is 6.04 Å². The Morgan fingerprint density at radius 2 is 2.00 bits per heavy atom. The maximum absolute atomic E-state index is 5.71. The molecule has 0 aliphatic heterocycles. The van der Waals surface area contributed by atoms with Gasteiger partial charge in [0.25, 0.3) is 0 Å². The number of aryl methyl sites for hydroxylation is 2. The summed E-state index contributed by atoms with van der Waals surface area (Å²) in [6, 6.07) is 0.226. The van der Waals surface area contributed by atoms with Gasteiger partial charge in [-0.15, -0.1) is 0 Å². The van der Waals surface area contributed by atoms with Gasteiger partial charge in [-0.3, -0.25) is 16.0 Å². The number of hydrazine groups is 1. The maximum Gasteiger partial charge on any atom is 0.0670 e. The van der Waals surface area contributed by atoms with Crippen LogP contribution in [0.1, 0.15) is 57.3 Å². The Hall–Kier alpha value is -0.870. The molecule has 98 valence electrons. The molecule has 0 saturated carbocycles. The molecule has 0 spiro atoms. The van der Waals surface area contributed by atoms with E-state index < -0.39 is 0 Å². The molecular weight excluding hydrogens is 212 g/mol. The third-order valence-corrected chi connectivity index (χ3v) is 3.57. The average molecular weight is 238 g/mol. The Morgan fingerprint density at radius 1 is 1.35 bits per heavy atom. The lowest BCUT2D eigenvalue weighted by atomic mass is 9.91. The number of hydrogen-bond donors (Lipinski definition) is 2. The zero-order chi connectivity index (χ0) is 12.8. The van der Waals surface area contributed by atoms with Crippen LogP contribution in [-0.2, 0) is 13.5 Å². The first-order valence-corrected chi connectivity index (χ1v) is 6.64. The second kappa shape index (κ2) is 6.77. The fraction of sp³-hybridized carbons (Fsp3) is 0.769.